The second-order valence-corrected chi connectivity index (χ2v) is 8.53. The van der Waals surface area contributed by atoms with Gasteiger partial charge in [-0.1, -0.05) is 29.8 Å². The number of pyridine rings is 2. The van der Waals surface area contributed by atoms with Crippen molar-refractivity contribution in [1.82, 2.24) is 25.3 Å². The molecule has 0 radical (unpaired) electrons. The van der Waals surface area contributed by atoms with Gasteiger partial charge in [-0.15, -0.1) is 0 Å². The highest BCUT2D eigenvalue weighted by Crippen LogP contribution is 2.35. The zero-order valence-electron chi connectivity index (χ0n) is 17.1. The minimum absolute atomic E-state index is 0.289. The fraction of sp³-hybridized carbons (Fsp3) is 0.217. The van der Waals surface area contributed by atoms with Crippen LogP contribution in [0.2, 0.25) is 5.02 Å². The second kappa shape index (κ2) is 7.58. The van der Waals surface area contributed by atoms with Crippen LogP contribution in [0.4, 0.5) is 17.3 Å². The first kappa shape index (κ1) is 19.2. The second-order valence-electron chi connectivity index (χ2n) is 8.12. The van der Waals surface area contributed by atoms with Gasteiger partial charge in [0.15, 0.2) is 5.82 Å². The maximum Gasteiger partial charge on any atom is 0.238 e. The average molecular weight is 446 g/mol. The Balaban J connectivity index is 1.24. The summed E-state index contributed by atoms with van der Waals surface area (Å²) in [6, 6.07) is 15.1. The summed E-state index contributed by atoms with van der Waals surface area (Å²) in [6.45, 7) is 3.06. The SMILES string of the molecule is Clc1cc(Nc2ncnc3ccc(N4CC5(CCN5)C4)nc23)cnc1Oc1ccccc1. The Kier molecular flexibility index (Phi) is 4.55. The van der Waals surface area contributed by atoms with Gasteiger partial charge in [-0.05, 0) is 43.3 Å². The molecular weight excluding hydrogens is 426 g/mol. The highest BCUT2D eigenvalue weighted by Gasteiger charge is 2.47. The van der Waals surface area contributed by atoms with Crippen LogP contribution in [0.5, 0.6) is 11.6 Å². The molecule has 2 saturated heterocycles. The van der Waals surface area contributed by atoms with Gasteiger partial charge in [0.25, 0.3) is 0 Å². The number of nitrogens with zero attached hydrogens (tertiary/aromatic N) is 5. The zero-order valence-corrected chi connectivity index (χ0v) is 17.9. The van der Waals surface area contributed by atoms with Crippen LogP contribution < -0.4 is 20.3 Å². The fourth-order valence-corrected chi connectivity index (χ4v) is 4.30. The maximum absolute atomic E-state index is 6.41. The van der Waals surface area contributed by atoms with Crippen molar-refractivity contribution in [3.05, 3.63) is 66.1 Å². The quantitative estimate of drug-likeness (QED) is 0.473. The van der Waals surface area contributed by atoms with Crippen molar-refractivity contribution >= 4 is 40.0 Å². The van der Waals surface area contributed by atoms with E-state index in [1.54, 1.807) is 12.3 Å². The van der Waals surface area contributed by atoms with Crippen LogP contribution >= 0.6 is 11.6 Å². The first-order chi connectivity index (χ1) is 15.7. The molecule has 8 nitrogen and oxygen atoms in total. The van der Waals surface area contributed by atoms with Gasteiger partial charge >= 0.3 is 0 Å². The molecule has 2 aliphatic rings. The molecule has 6 rings (SSSR count). The van der Waals surface area contributed by atoms with E-state index in [0.717, 1.165) is 31.0 Å². The van der Waals surface area contributed by atoms with Gasteiger partial charge in [0.05, 0.1) is 22.9 Å². The molecule has 2 aliphatic heterocycles. The van der Waals surface area contributed by atoms with Crippen LogP contribution in [-0.4, -0.2) is 45.1 Å². The predicted octanol–water partition coefficient (Wildman–Crippen LogP) is 4.16. The summed E-state index contributed by atoms with van der Waals surface area (Å²) in [7, 11) is 0. The molecule has 1 spiro atoms. The molecule has 32 heavy (non-hydrogen) atoms. The number of halogens is 1. The van der Waals surface area contributed by atoms with Crippen LogP contribution in [0.15, 0.2) is 61.1 Å². The van der Waals surface area contributed by atoms with Gasteiger partial charge in [0.1, 0.15) is 28.4 Å². The lowest BCUT2D eigenvalue weighted by molar-refractivity contribution is 0.159. The highest BCUT2D eigenvalue weighted by molar-refractivity contribution is 6.32. The van der Waals surface area contributed by atoms with Gasteiger partial charge < -0.3 is 20.3 Å². The van der Waals surface area contributed by atoms with E-state index >= 15 is 0 Å². The lowest BCUT2D eigenvalue weighted by atomic mass is 9.80. The lowest BCUT2D eigenvalue weighted by Crippen LogP contribution is -2.76. The van der Waals surface area contributed by atoms with E-state index in [0.29, 0.717) is 33.7 Å². The fourth-order valence-electron chi connectivity index (χ4n) is 4.10. The number of hydrogen-bond donors (Lipinski definition) is 2. The van der Waals surface area contributed by atoms with E-state index < -0.39 is 0 Å². The number of para-hydroxylation sites is 1. The third-order valence-corrected chi connectivity index (χ3v) is 6.18. The van der Waals surface area contributed by atoms with E-state index in [2.05, 4.69) is 30.5 Å². The molecule has 4 aromatic rings. The average Bonchev–Trinajstić information content (AvgIpc) is 2.75. The molecule has 0 unspecified atom stereocenters. The van der Waals surface area contributed by atoms with Crippen molar-refractivity contribution in [2.45, 2.75) is 12.0 Å². The van der Waals surface area contributed by atoms with Crippen LogP contribution in [0.3, 0.4) is 0 Å². The van der Waals surface area contributed by atoms with Gasteiger partial charge in [0, 0.05) is 13.1 Å². The molecule has 0 amide bonds. The Hall–Kier alpha value is -3.49. The summed E-state index contributed by atoms with van der Waals surface area (Å²) >= 11 is 6.41. The van der Waals surface area contributed by atoms with Crippen molar-refractivity contribution in [1.29, 1.82) is 0 Å². The number of ether oxygens (including phenoxy) is 1. The monoisotopic (exact) mass is 445 g/mol. The van der Waals surface area contributed by atoms with E-state index in [1.165, 1.54) is 12.7 Å². The van der Waals surface area contributed by atoms with E-state index in [4.69, 9.17) is 21.3 Å². The number of rotatable bonds is 5. The van der Waals surface area contributed by atoms with Crippen LogP contribution in [0, 0.1) is 0 Å². The van der Waals surface area contributed by atoms with Gasteiger partial charge in [0.2, 0.25) is 5.88 Å². The summed E-state index contributed by atoms with van der Waals surface area (Å²) < 4.78 is 5.76. The Morgan fingerprint density at radius 1 is 1.06 bits per heavy atom. The van der Waals surface area contributed by atoms with Gasteiger partial charge in [-0.2, -0.15) is 0 Å². The molecule has 5 heterocycles. The maximum atomic E-state index is 6.41. The topological polar surface area (TPSA) is 88.1 Å². The first-order valence-electron chi connectivity index (χ1n) is 10.4. The van der Waals surface area contributed by atoms with Crippen molar-refractivity contribution in [3.63, 3.8) is 0 Å². The number of nitrogens with one attached hydrogen (secondary N) is 2. The molecule has 1 aromatic carbocycles. The summed E-state index contributed by atoms with van der Waals surface area (Å²) in [5, 5.41) is 7.19. The molecule has 3 aromatic heterocycles. The Morgan fingerprint density at radius 2 is 1.91 bits per heavy atom. The third-order valence-electron chi connectivity index (χ3n) is 5.91. The summed E-state index contributed by atoms with van der Waals surface area (Å²) in [5.74, 6) is 2.54. The Bertz CT molecular complexity index is 1290. The van der Waals surface area contributed by atoms with Crippen molar-refractivity contribution in [2.75, 3.05) is 29.9 Å². The molecule has 0 bridgehead atoms. The number of aromatic nitrogens is 4. The van der Waals surface area contributed by atoms with Gasteiger partial charge in [-0.3, -0.25) is 0 Å². The first-order valence-corrected chi connectivity index (χ1v) is 10.8. The van der Waals surface area contributed by atoms with Crippen LogP contribution in [0.1, 0.15) is 6.42 Å². The molecule has 0 atom stereocenters. The standard InChI is InChI=1S/C23H20ClN7O/c24-17-10-15(11-25-22(17)32-16-4-2-1-3-5-16)29-21-20-18(26-14-27-21)6-7-19(30-20)31-12-23(13-31)8-9-28-23/h1-7,10-11,14,28H,8-9,12-13H2,(H,26,27,29). The summed E-state index contributed by atoms with van der Waals surface area (Å²) in [4.78, 5) is 20.2. The molecule has 160 valence electrons. The zero-order chi connectivity index (χ0) is 21.5. The minimum Gasteiger partial charge on any atom is -0.438 e. The number of fused-ring (bicyclic) bond motifs is 1. The van der Waals surface area contributed by atoms with Gasteiger partial charge in [-0.25, -0.2) is 19.9 Å². The smallest absolute Gasteiger partial charge is 0.238 e. The molecule has 0 saturated carbocycles. The summed E-state index contributed by atoms with van der Waals surface area (Å²) in [5.41, 5.74) is 2.44. The van der Waals surface area contributed by atoms with Crippen molar-refractivity contribution < 1.29 is 4.74 Å². The number of benzene rings is 1. The van der Waals surface area contributed by atoms with E-state index in [-0.39, 0.29) is 5.54 Å². The van der Waals surface area contributed by atoms with Crippen LogP contribution in [-0.2, 0) is 0 Å². The van der Waals surface area contributed by atoms with Crippen molar-refractivity contribution in [2.24, 2.45) is 0 Å². The Morgan fingerprint density at radius 3 is 2.66 bits per heavy atom. The minimum atomic E-state index is 0.289. The molecular formula is C23H20ClN7O. The molecule has 9 heteroatoms. The summed E-state index contributed by atoms with van der Waals surface area (Å²) in [6.07, 6.45) is 4.40. The van der Waals surface area contributed by atoms with Crippen LogP contribution in [0.25, 0.3) is 11.0 Å². The molecule has 2 N–H and O–H groups in total. The molecule has 2 fully saturated rings. The molecule has 0 aliphatic carbocycles. The van der Waals surface area contributed by atoms with Crippen molar-refractivity contribution in [3.8, 4) is 11.6 Å². The lowest BCUT2D eigenvalue weighted by Gasteiger charge is -2.56. The normalized spacial score (nSPS) is 16.5. The van der Waals surface area contributed by atoms with E-state index in [1.807, 2.05) is 42.5 Å². The van der Waals surface area contributed by atoms with E-state index in [9.17, 15) is 0 Å². The number of hydrogen-bond acceptors (Lipinski definition) is 8. The number of anilines is 3. The highest BCUT2D eigenvalue weighted by atomic mass is 35.5. The predicted molar refractivity (Wildman–Crippen MR) is 124 cm³/mol. The Labute approximate surface area is 189 Å². The largest absolute Gasteiger partial charge is 0.438 e. The third kappa shape index (κ3) is 3.47.